The van der Waals surface area contributed by atoms with Crippen molar-refractivity contribution in [2.45, 2.75) is 12.5 Å². The largest absolute Gasteiger partial charge is 0.388 e. The number of aliphatic hydroxyl groups is 1. The van der Waals surface area contributed by atoms with E-state index < -0.39 is 27.2 Å². The lowest BCUT2D eigenvalue weighted by atomic mass is 9.78. The van der Waals surface area contributed by atoms with E-state index >= 15 is 0 Å². The van der Waals surface area contributed by atoms with Gasteiger partial charge in [-0.25, -0.2) is 12.8 Å². The predicted octanol–water partition coefficient (Wildman–Crippen LogP) is 1.39. The Morgan fingerprint density at radius 1 is 1.53 bits per heavy atom. The van der Waals surface area contributed by atoms with Gasteiger partial charge in [-0.2, -0.15) is 0 Å². The third-order valence-corrected chi connectivity index (χ3v) is 6.11. The Bertz CT molecular complexity index is 593. The number of nitrogens with two attached hydrogens (primary N) is 1. The van der Waals surface area contributed by atoms with Crippen molar-refractivity contribution in [3.8, 4) is 0 Å². The Morgan fingerprint density at radius 3 is 2.68 bits per heavy atom. The van der Waals surface area contributed by atoms with Crippen LogP contribution in [0.25, 0.3) is 0 Å². The Hall–Kier alpha value is -0.500. The molecule has 1 saturated heterocycles. The average molecular weight is 352 g/mol. The standard InChI is InChI=1S/C12H15BrFNO3S/c13-9-5-8(1-2-10(9)14)11(16)12(6-15)3-4-19(17,18)7-12/h1-2,5,11,16H,3-4,6-7,15H2. The summed E-state index contributed by atoms with van der Waals surface area (Å²) in [7, 11) is -3.16. The van der Waals surface area contributed by atoms with Gasteiger partial charge in [0.25, 0.3) is 0 Å². The first kappa shape index (κ1) is 14.9. The molecule has 0 aromatic heterocycles. The fraction of sp³-hybridized carbons (Fsp3) is 0.500. The Balaban J connectivity index is 2.36. The highest BCUT2D eigenvalue weighted by Crippen LogP contribution is 2.43. The van der Waals surface area contributed by atoms with Gasteiger partial charge in [-0.15, -0.1) is 0 Å². The van der Waals surface area contributed by atoms with Gasteiger partial charge in [0.1, 0.15) is 5.82 Å². The topological polar surface area (TPSA) is 80.4 Å². The maximum Gasteiger partial charge on any atom is 0.151 e. The zero-order chi connectivity index (χ0) is 14.3. The lowest BCUT2D eigenvalue weighted by molar-refractivity contribution is 0.0471. The molecule has 1 aromatic rings. The number of halogens is 2. The molecule has 106 valence electrons. The fourth-order valence-electron chi connectivity index (χ4n) is 2.47. The summed E-state index contributed by atoms with van der Waals surface area (Å²) in [5.41, 5.74) is 5.28. The molecular formula is C12H15BrFNO3S. The summed E-state index contributed by atoms with van der Waals surface area (Å²) in [5.74, 6) is -0.534. The summed E-state index contributed by atoms with van der Waals surface area (Å²) < 4.78 is 36.7. The number of benzene rings is 1. The predicted molar refractivity (Wildman–Crippen MR) is 73.8 cm³/mol. The minimum atomic E-state index is -3.16. The van der Waals surface area contributed by atoms with E-state index in [0.717, 1.165) is 0 Å². The minimum absolute atomic E-state index is 0.0314. The van der Waals surface area contributed by atoms with Crippen LogP contribution in [-0.4, -0.2) is 31.6 Å². The van der Waals surface area contributed by atoms with E-state index in [4.69, 9.17) is 5.73 Å². The van der Waals surface area contributed by atoms with Crippen LogP contribution in [0.15, 0.2) is 22.7 Å². The first-order valence-corrected chi connectivity index (χ1v) is 8.45. The summed E-state index contributed by atoms with van der Waals surface area (Å²) in [4.78, 5) is 0. The van der Waals surface area contributed by atoms with Gasteiger partial charge in [-0.05, 0) is 40.0 Å². The molecule has 1 heterocycles. The molecule has 1 fully saturated rings. The van der Waals surface area contributed by atoms with Gasteiger partial charge < -0.3 is 10.8 Å². The molecule has 0 spiro atoms. The van der Waals surface area contributed by atoms with E-state index in [-0.39, 0.29) is 22.5 Å². The van der Waals surface area contributed by atoms with Crippen molar-refractivity contribution in [2.75, 3.05) is 18.1 Å². The molecule has 0 radical (unpaired) electrons. The van der Waals surface area contributed by atoms with Gasteiger partial charge >= 0.3 is 0 Å². The van der Waals surface area contributed by atoms with Crippen molar-refractivity contribution in [3.63, 3.8) is 0 Å². The molecule has 0 amide bonds. The van der Waals surface area contributed by atoms with E-state index in [0.29, 0.717) is 12.0 Å². The molecule has 1 aliphatic heterocycles. The number of sulfone groups is 1. The monoisotopic (exact) mass is 351 g/mol. The van der Waals surface area contributed by atoms with E-state index in [9.17, 15) is 17.9 Å². The molecule has 0 saturated carbocycles. The van der Waals surface area contributed by atoms with Crippen molar-refractivity contribution in [1.29, 1.82) is 0 Å². The summed E-state index contributed by atoms with van der Waals surface area (Å²) in [6.07, 6.45) is -0.700. The molecule has 2 rings (SSSR count). The molecule has 3 N–H and O–H groups in total. The third kappa shape index (κ3) is 2.84. The summed E-state index contributed by atoms with van der Waals surface area (Å²) in [6.45, 7) is 0.0718. The molecule has 1 aliphatic rings. The lowest BCUT2D eigenvalue weighted by Gasteiger charge is -2.32. The number of hydrogen-bond acceptors (Lipinski definition) is 4. The second-order valence-corrected chi connectivity index (χ2v) is 8.02. The summed E-state index contributed by atoms with van der Waals surface area (Å²) in [5, 5.41) is 10.4. The van der Waals surface area contributed by atoms with Gasteiger partial charge in [0.2, 0.25) is 0 Å². The Labute approximate surface area is 119 Å². The Morgan fingerprint density at radius 2 is 2.21 bits per heavy atom. The van der Waals surface area contributed by atoms with Crippen LogP contribution in [0.5, 0.6) is 0 Å². The molecule has 2 atom stereocenters. The quantitative estimate of drug-likeness (QED) is 0.862. The zero-order valence-electron chi connectivity index (χ0n) is 10.1. The van der Waals surface area contributed by atoms with E-state index in [2.05, 4.69) is 15.9 Å². The molecule has 7 heteroatoms. The number of rotatable bonds is 3. The molecule has 0 aliphatic carbocycles. The van der Waals surface area contributed by atoms with E-state index in [1.165, 1.54) is 18.2 Å². The van der Waals surface area contributed by atoms with Crippen molar-refractivity contribution in [2.24, 2.45) is 11.1 Å². The molecule has 0 bridgehead atoms. The van der Waals surface area contributed by atoms with Crippen LogP contribution >= 0.6 is 15.9 Å². The maximum absolute atomic E-state index is 13.2. The van der Waals surface area contributed by atoms with Crippen LogP contribution in [0.1, 0.15) is 18.1 Å². The minimum Gasteiger partial charge on any atom is -0.388 e. The smallest absolute Gasteiger partial charge is 0.151 e. The summed E-state index contributed by atoms with van der Waals surface area (Å²) in [6, 6.07) is 4.14. The zero-order valence-corrected chi connectivity index (χ0v) is 12.5. The van der Waals surface area contributed by atoms with Gasteiger partial charge in [0.05, 0.1) is 22.1 Å². The first-order chi connectivity index (χ1) is 8.80. The second kappa shape index (κ2) is 5.12. The molecule has 19 heavy (non-hydrogen) atoms. The number of hydrogen-bond donors (Lipinski definition) is 2. The third-order valence-electron chi connectivity index (χ3n) is 3.66. The molecular weight excluding hydrogens is 337 g/mol. The van der Waals surface area contributed by atoms with Crippen molar-refractivity contribution in [1.82, 2.24) is 0 Å². The van der Waals surface area contributed by atoms with Gasteiger partial charge in [0.15, 0.2) is 9.84 Å². The number of aliphatic hydroxyl groups excluding tert-OH is 1. The molecule has 4 nitrogen and oxygen atoms in total. The first-order valence-electron chi connectivity index (χ1n) is 5.83. The fourth-order valence-corrected chi connectivity index (χ4v) is 5.02. The molecule has 1 aromatic carbocycles. The SMILES string of the molecule is NCC1(C(O)c2ccc(F)c(Br)c2)CCS(=O)(=O)C1. The van der Waals surface area contributed by atoms with Crippen molar-refractivity contribution >= 4 is 25.8 Å². The van der Waals surface area contributed by atoms with Crippen LogP contribution < -0.4 is 5.73 Å². The van der Waals surface area contributed by atoms with Crippen LogP contribution in [0.3, 0.4) is 0 Å². The van der Waals surface area contributed by atoms with Crippen LogP contribution in [0.4, 0.5) is 4.39 Å². The Kier molecular flexibility index (Phi) is 4.02. The van der Waals surface area contributed by atoms with Gasteiger partial charge in [-0.3, -0.25) is 0 Å². The molecule has 2 unspecified atom stereocenters. The highest BCUT2D eigenvalue weighted by atomic mass is 79.9. The highest BCUT2D eigenvalue weighted by molar-refractivity contribution is 9.10. The van der Waals surface area contributed by atoms with Gasteiger partial charge in [0, 0.05) is 12.0 Å². The lowest BCUT2D eigenvalue weighted by Crippen LogP contribution is -2.38. The van der Waals surface area contributed by atoms with E-state index in [1.54, 1.807) is 0 Å². The normalized spacial score (nSPS) is 27.4. The van der Waals surface area contributed by atoms with Crippen LogP contribution in [0, 0.1) is 11.2 Å². The maximum atomic E-state index is 13.2. The highest BCUT2D eigenvalue weighted by Gasteiger charge is 2.47. The van der Waals surface area contributed by atoms with Crippen molar-refractivity contribution < 1.29 is 17.9 Å². The van der Waals surface area contributed by atoms with Gasteiger partial charge in [-0.1, -0.05) is 6.07 Å². The van der Waals surface area contributed by atoms with Crippen LogP contribution in [-0.2, 0) is 9.84 Å². The van der Waals surface area contributed by atoms with E-state index in [1.807, 2.05) is 0 Å². The summed E-state index contributed by atoms with van der Waals surface area (Å²) >= 11 is 3.05. The average Bonchev–Trinajstić information content (AvgIpc) is 2.69. The van der Waals surface area contributed by atoms with Crippen molar-refractivity contribution in [3.05, 3.63) is 34.1 Å². The van der Waals surface area contributed by atoms with Crippen LogP contribution in [0.2, 0.25) is 0 Å². The second-order valence-electron chi connectivity index (χ2n) is 4.98.